The number of thiophene rings is 1. The molecule has 1 amide bonds. The van der Waals surface area contributed by atoms with Crippen LogP contribution < -0.4 is 5.43 Å². The van der Waals surface area contributed by atoms with Gasteiger partial charge in [-0.05, 0) is 54.4 Å². The second-order valence-corrected chi connectivity index (χ2v) is 8.55. The van der Waals surface area contributed by atoms with Crippen molar-refractivity contribution in [1.29, 1.82) is 0 Å². The highest BCUT2D eigenvalue weighted by molar-refractivity contribution is 7.21. The number of nitrogens with one attached hydrogen (secondary N) is 1. The number of carbonyl (C=O) groups excluding carboxylic acids is 1. The van der Waals surface area contributed by atoms with Gasteiger partial charge in [0.2, 0.25) is 0 Å². The normalized spacial score (nSPS) is 11.6. The van der Waals surface area contributed by atoms with E-state index in [1.807, 2.05) is 79.3 Å². The van der Waals surface area contributed by atoms with Crippen molar-refractivity contribution in [1.82, 2.24) is 15.0 Å². The van der Waals surface area contributed by atoms with E-state index in [-0.39, 0.29) is 11.7 Å². The van der Waals surface area contributed by atoms with Crippen LogP contribution in [0.25, 0.3) is 26.7 Å². The monoisotopic (exact) mass is 440 g/mol. The number of hydrazone groups is 1. The largest absolute Gasteiger partial charge is 0.507 e. The van der Waals surface area contributed by atoms with Gasteiger partial charge in [-0.15, -0.1) is 11.3 Å². The van der Waals surface area contributed by atoms with Crippen LogP contribution in [0, 0.1) is 13.8 Å². The summed E-state index contributed by atoms with van der Waals surface area (Å²) in [4.78, 5) is 19.1. The zero-order chi connectivity index (χ0) is 22.2. The Hall–Kier alpha value is -3.97. The Balaban J connectivity index is 1.53. The molecular weight excluding hydrogens is 420 g/mol. The van der Waals surface area contributed by atoms with Crippen LogP contribution in [0.15, 0.2) is 72.1 Å². The van der Waals surface area contributed by atoms with Crippen LogP contribution in [0.1, 0.15) is 26.5 Å². The molecule has 7 heteroatoms. The predicted octanol–water partition coefficient (Wildman–Crippen LogP) is 5.33. The number of phenolic OH excluding ortho intramolecular Hbond substituents is 1. The molecule has 5 rings (SSSR count). The SMILES string of the molecule is Cc1cc(C)c2c(-n3cccc3)c(C(=O)N/N=C/c3c(O)ccc4ccccc34)sc2n1. The van der Waals surface area contributed by atoms with E-state index < -0.39 is 0 Å². The summed E-state index contributed by atoms with van der Waals surface area (Å²) in [5.74, 6) is -0.225. The van der Waals surface area contributed by atoms with Gasteiger partial charge in [0.05, 0.1) is 11.9 Å². The summed E-state index contributed by atoms with van der Waals surface area (Å²) in [7, 11) is 0. The molecular formula is C25H20N4O2S. The minimum absolute atomic E-state index is 0.104. The molecule has 32 heavy (non-hydrogen) atoms. The van der Waals surface area contributed by atoms with Gasteiger partial charge in [0.1, 0.15) is 15.5 Å². The quantitative estimate of drug-likeness (QED) is 0.293. The number of carbonyl (C=O) groups is 1. The first-order valence-corrected chi connectivity index (χ1v) is 10.9. The Morgan fingerprint density at radius 1 is 1.12 bits per heavy atom. The fourth-order valence-electron chi connectivity index (χ4n) is 3.93. The maximum atomic E-state index is 13.1. The Morgan fingerprint density at radius 3 is 2.72 bits per heavy atom. The first kappa shape index (κ1) is 20.0. The second kappa shape index (κ2) is 7.94. The summed E-state index contributed by atoms with van der Waals surface area (Å²) in [5, 5.41) is 17.2. The third-order valence-corrected chi connectivity index (χ3v) is 6.41. The summed E-state index contributed by atoms with van der Waals surface area (Å²) in [6.45, 7) is 3.97. The fraction of sp³-hybridized carbons (Fsp3) is 0.0800. The van der Waals surface area contributed by atoms with Crippen LogP contribution in [0.5, 0.6) is 5.75 Å². The van der Waals surface area contributed by atoms with Gasteiger partial charge in [0.25, 0.3) is 5.91 Å². The molecule has 2 N–H and O–H groups in total. The Bertz CT molecular complexity index is 1500. The van der Waals surface area contributed by atoms with E-state index in [1.54, 1.807) is 6.07 Å². The van der Waals surface area contributed by atoms with Crippen LogP contribution in [0.3, 0.4) is 0 Å². The average molecular weight is 441 g/mol. The zero-order valence-corrected chi connectivity index (χ0v) is 18.4. The second-order valence-electron chi connectivity index (χ2n) is 7.55. The van der Waals surface area contributed by atoms with Gasteiger partial charge in [0, 0.05) is 29.0 Å². The molecule has 0 saturated heterocycles. The summed E-state index contributed by atoms with van der Waals surface area (Å²) in [6, 6.07) is 17.0. The van der Waals surface area contributed by atoms with E-state index >= 15 is 0 Å². The molecule has 0 radical (unpaired) electrons. The van der Waals surface area contributed by atoms with Crippen molar-refractivity contribution in [2.24, 2.45) is 5.10 Å². The van der Waals surface area contributed by atoms with Crippen molar-refractivity contribution in [2.75, 3.05) is 0 Å². The summed E-state index contributed by atoms with van der Waals surface area (Å²) < 4.78 is 1.93. The van der Waals surface area contributed by atoms with Crippen molar-refractivity contribution in [3.8, 4) is 11.4 Å². The highest BCUT2D eigenvalue weighted by Gasteiger charge is 2.22. The Morgan fingerprint density at radius 2 is 1.91 bits per heavy atom. The number of aromatic nitrogens is 2. The van der Waals surface area contributed by atoms with E-state index in [9.17, 15) is 9.90 Å². The molecule has 0 saturated carbocycles. The predicted molar refractivity (Wildman–Crippen MR) is 129 cm³/mol. The number of hydrogen-bond donors (Lipinski definition) is 2. The van der Waals surface area contributed by atoms with Crippen molar-refractivity contribution < 1.29 is 9.90 Å². The van der Waals surface area contributed by atoms with Crippen molar-refractivity contribution in [3.05, 3.63) is 88.7 Å². The third-order valence-electron chi connectivity index (χ3n) is 5.34. The number of aryl methyl sites for hydroxylation is 2. The van der Waals surface area contributed by atoms with Crippen LogP contribution >= 0.6 is 11.3 Å². The summed E-state index contributed by atoms with van der Waals surface area (Å²) in [6.07, 6.45) is 5.30. The van der Waals surface area contributed by atoms with E-state index in [1.165, 1.54) is 17.6 Å². The third kappa shape index (κ3) is 3.42. The molecule has 0 bridgehead atoms. The number of fused-ring (bicyclic) bond motifs is 2. The number of hydrogen-bond acceptors (Lipinski definition) is 5. The molecule has 0 fully saturated rings. The molecule has 5 aromatic rings. The van der Waals surface area contributed by atoms with Crippen LogP contribution in [-0.2, 0) is 0 Å². The minimum Gasteiger partial charge on any atom is -0.507 e. The van der Waals surface area contributed by atoms with Gasteiger partial charge in [-0.1, -0.05) is 30.3 Å². The highest BCUT2D eigenvalue weighted by Crippen LogP contribution is 2.36. The van der Waals surface area contributed by atoms with Gasteiger partial charge in [-0.2, -0.15) is 5.10 Å². The minimum atomic E-state index is -0.329. The lowest BCUT2D eigenvalue weighted by molar-refractivity contribution is 0.0959. The summed E-state index contributed by atoms with van der Waals surface area (Å²) >= 11 is 1.34. The lowest BCUT2D eigenvalue weighted by Gasteiger charge is -2.07. The number of amides is 1. The van der Waals surface area contributed by atoms with Crippen LogP contribution in [-0.4, -0.2) is 26.8 Å². The molecule has 6 nitrogen and oxygen atoms in total. The molecule has 2 aromatic carbocycles. The molecule has 0 unspecified atom stereocenters. The maximum absolute atomic E-state index is 13.1. The number of pyridine rings is 1. The Kier molecular flexibility index (Phi) is 4.95. The van der Waals surface area contributed by atoms with Crippen LogP contribution in [0.4, 0.5) is 0 Å². The first-order chi connectivity index (χ1) is 15.5. The van der Waals surface area contributed by atoms with Crippen molar-refractivity contribution in [2.45, 2.75) is 13.8 Å². The maximum Gasteiger partial charge on any atom is 0.283 e. The van der Waals surface area contributed by atoms with E-state index in [0.29, 0.717) is 10.4 Å². The zero-order valence-electron chi connectivity index (χ0n) is 17.5. The first-order valence-electron chi connectivity index (χ1n) is 10.1. The van der Waals surface area contributed by atoms with Crippen molar-refractivity contribution in [3.63, 3.8) is 0 Å². The number of phenols is 1. The van der Waals surface area contributed by atoms with Gasteiger partial charge in [-0.3, -0.25) is 4.79 Å². The standard InChI is InChI=1S/C25H20N4O2S/c1-15-13-16(2)27-25-21(15)22(29-11-5-6-12-29)23(32-25)24(31)28-26-14-19-18-8-4-3-7-17(18)9-10-20(19)30/h3-14,30H,1-2H3,(H,28,31)/b26-14+. The number of rotatable bonds is 4. The molecule has 158 valence electrons. The Labute approximate surface area is 188 Å². The molecule has 0 atom stereocenters. The molecule has 0 aliphatic heterocycles. The molecule has 0 spiro atoms. The van der Waals surface area contributed by atoms with E-state index in [0.717, 1.165) is 37.9 Å². The highest BCUT2D eigenvalue weighted by atomic mass is 32.1. The van der Waals surface area contributed by atoms with Crippen LogP contribution in [0.2, 0.25) is 0 Å². The topological polar surface area (TPSA) is 79.5 Å². The van der Waals surface area contributed by atoms with Gasteiger partial charge >= 0.3 is 0 Å². The summed E-state index contributed by atoms with van der Waals surface area (Å²) in [5.41, 5.74) is 5.95. The smallest absolute Gasteiger partial charge is 0.283 e. The molecule has 0 aliphatic rings. The van der Waals surface area contributed by atoms with Gasteiger partial charge in [0.15, 0.2) is 0 Å². The molecule has 0 aliphatic carbocycles. The molecule has 3 aromatic heterocycles. The van der Waals surface area contributed by atoms with E-state index in [4.69, 9.17) is 0 Å². The van der Waals surface area contributed by atoms with Gasteiger partial charge < -0.3 is 9.67 Å². The van der Waals surface area contributed by atoms with Crippen molar-refractivity contribution >= 4 is 44.4 Å². The van der Waals surface area contributed by atoms with E-state index in [2.05, 4.69) is 15.5 Å². The number of benzene rings is 2. The van der Waals surface area contributed by atoms with Gasteiger partial charge in [-0.25, -0.2) is 10.4 Å². The lowest BCUT2D eigenvalue weighted by atomic mass is 10.0. The lowest BCUT2D eigenvalue weighted by Crippen LogP contribution is -2.18. The number of aromatic hydroxyl groups is 1. The fourth-order valence-corrected chi connectivity index (χ4v) is 5.12. The average Bonchev–Trinajstić information content (AvgIpc) is 3.43. The molecule has 3 heterocycles. The number of nitrogens with zero attached hydrogens (tertiary/aromatic N) is 3.